The summed E-state index contributed by atoms with van der Waals surface area (Å²) in [6, 6.07) is 6.26. The van der Waals surface area contributed by atoms with Crippen molar-refractivity contribution < 1.29 is 13.9 Å². The molecule has 3 heterocycles. The standard InChI is InChI=1S/C19H19NO3S2/c1-3-22-17(21)10-13-18(15-8-7-11(2)24-15)23-19(20-13)16-9-12-5-4-6-14(12)25-16/h7-9H,3-6,10H2,1-2H3. The smallest absolute Gasteiger partial charge is 0.312 e. The van der Waals surface area contributed by atoms with E-state index in [2.05, 4.69) is 24.0 Å². The fourth-order valence-electron chi connectivity index (χ4n) is 3.11. The molecule has 1 aliphatic carbocycles. The van der Waals surface area contributed by atoms with E-state index >= 15 is 0 Å². The van der Waals surface area contributed by atoms with Crippen LogP contribution in [0.2, 0.25) is 0 Å². The number of carbonyl (C=O) groups is 1. The summed E-state index contributed by atoms with van der Waals surface area (Å²) in [7, 11) is 0. The van der Waals surface area contributed by atoms with Crippen LogP contribution in [-0.2, 0) is 28.8 Å². The van der Waals surface area contributed by atoms with Gasteiger partial charge in [-0.2, -0.15) is 0 Å². The van der Waals surface area contributed by atoms with Gasteiger partial charge in [-0.25, -0.2) is 4.98 Å². The molecule has 0 amide bonds. The molecular weight excluding hydrogens is 354 g/mol. The SMILES string of the molecule is CCOC(=O)Cc1nc(-c2cc3c(s2)CCC3)oc1-c1ccc(C)s1. The lowest BCUT2D eigenvalue weighted by Gasteiger charge is -2.00. The quantitative estimate of drug-likeness (QED) is 0.588. The summed E-state index contributed by atoms with van der Waals surface area (Å²) in [5.74, 6) is 1.03. The van der Waals surface area contributed by atoms with Crippen molar-refractivity contribution in [3.63, 3.8) is 0 Å². The number of aromatic nitrogens is 1. The van der Waals surface area contributed by atoms with Gasteiger partial charge in [0.05, 0.1) is 28.5 Å². The van der Waals surface area contributed by atoms with Gasteiger partial charge in [0.25, 0.3) is 0 Å². The predicted molar refractivity (Wildman–Crippen MR) is 100 cm³/mol. The van der Waals surface area contributed by atoms with Crippen LogP contribution in [0.4, 0.5) is 0 Å². The third kappa shape index (κ3) is 3.28. The summed E-state index contributed by atoms with van der Waals surface area (Å²) in [5, 5.41) is 0. The monoisotopic (exact) mass is 373 g/mol. The Morgan fingerprint density at radius 3 is 2.88 bits per heavy atom. The zero-order valence-corrected chi connectivity index (χ0v) is 15.9. The number of hydrogen-bond acceptors (Lipinski definition) is 6. The highest BCUT2D eigenvalue weighted by Crippen LogP contribution is 2.39. The van der Waals surface area contributed by atoms with E-state index in [1.165, 1.54) is 21.7 Å². The van der Waals surface area contributed by atoms with Crippen LogP contribution in [0.5, 0.6) is 0 Å². The molecule has 0 aromatic carbocycles. The van der Waals surface area contributed by atoms with E-state index in [0.717, 1.165) is 22.6 Å². The van der Waals surface area contributed by atoms with Crippen LogP contribution in [0, 0.1) is 6.92 Å². The average molecular weight is 373 g/mol. The molecule has 3 aromatic heterocycles. The Balaban J connectivity index is 1.72. The van der Waals surface area contributed by atoms with Gasteiger partial charge in [-0.1, -0.05) is 0 Å². The van der Waals surface area contributed by atoms with Crippen molar-refractivity contribution >= 4 is 28.6 Å². The summed E-state index contributed by atoms with van der Waals surface area (Å²) in [5.41, 5.74) is 2.07. The van der Waals surface area contributed by atoms with E-state index < -0.39 is 0 Å². The summed E-state index contributed by atoms with van der Waals surface area (Å²) in [4.78, 5) is 21.3. The maximum Gasteiger partial charge on any atom is 0.312 e. The Hall–Kier alpha value is -1.92. The Morgan fingerprint density at radius 1 is 1.28 bits per heavy atom. The number of hydrogen-bond donors (Lipinski definition) is 0. The third-order valence-electron chi connectivity index (χ3n) is 4.24. The number of nitrogens with zero attached hydrogens (tertiary/aromatic N) is 1. The second-order valence-corrected chi connectivity index (χ2v) is 8.52. The molecule has 0 bridgehead atoms. The Kier molecular flexibility index (Phi) is 4.48. The molecule has 0 spiro atoms. The van der Waals surface area contributed by atoms with E-state index in [0.29, 0.717) is 24.0 Å². The van der Waals surface area contributed by atoms with Gasteiger partial charge in [0.2, 0.25) is 5.89 Å². The largest absolute Gasteiger partial charge is 0.466 e. The molecule has 4 nitrogen and oxygen atoms in total. The molecule has 1 aliphatic rings. The van der Waals surface area contributed by atoms with Crippen LogP contribution in [-0.4, -0.2) is 17.6 Å². The molecule has 3 aromatic rings. The number of aryl methyl sites for hydroxylation is 3. The van der Waals surface area contributed by atoms with E-state index in [-0.39, 0.29) is 12.4 Å². The summed E-state index contributed by atoms with van der Waals surface area (Å²) in [6.07, 6.45) is 3.65. The number of rotatable bonds is 5. The number of thiophene rings is 2. The minimum absolute atomic E-state index is 0.134. The maximum absolute atomic E-state index is 12.0. The minimum atomic E-state index is -0.273. The van der Waals surface area contributed by atoms with Gasteiger partial charge < -0.3 is 9.15 Å². The predicted octanol–water partition coefficient (Wildman–Crippen LogP) is 5.03. The maximum atomic E-state index is 12.0. The first-order chi connectivity index (χ1) is 12.1. The number of fused-ring (bicyclic) bond motifs is 1. The van der Waals surface area contributed by atoms with Gasteiger partial charge in [0.15, 0.2) is 5.76 Å². The van der Waals surface area contributed by atoms with Gasteiger partial charge in [-0.3, -0.25) is 4.79 Å². The molecule has 0 aliphatic heterocycles. The van der Waals surface area contributed by atoms with Crippen molar-refractivity contribution in [3.05, 3.63) is 39.2 Å². The first kappa shape index (κ1) is 16.5. The van der Waals surface area contributed by atoms with Crippen molar-refractivity contribution in [2.24, 2.45) is 0 Å². The fraction of sp³-hybridized carbons (Fsp3) is 0.368. The number of carbonyl (C=O) groups excluding carboxylic acids is 1. The molecule has 6 heteroatoms. The van der Waals surface area contributed by atoms with Crippen LogP contribution in [0.1, 0.15) is 34.4 Å². The first-order valence-corrected chi connectivity index (χ1v) is 10.1. The van der Waals surface area contributed by atoms with Crippen molar-refractivity contribution in [3.8, 4) is 21.4 Å². The molecule has 0 fully saturated rings. The zero-order valence-electron chi connectivity index (χ0n) is 14.3. The van der Waals surface area contributed by atoms with E-state index in [9.17, 15) is 4.79 Å². The van der Waals surface area contributed by atoms with E-state index in [4.69, 9.17) is 9.15 Å². The first-order valence-electron chi connectivity index (χ1n) is 8.48. The van der Waals surface area contributed by atoms with Crippen molar-refractivity contribution in [2.45, 2.75) is 39.5 Å². The molecule has 0 saturated heterocycles. The van der Waals surface area contributed by atoms with Crippen molar-refractivity contribution in [1.29, 1.82) is 0 Å². The molecule has 0 atom stereocenters. The second-order valence-electron chi connectivity index (χ2n) is 6.10. The van der Waals surface area contributed by atoms with E-state index in [1.807, 2.05) is 13.0 Å². The Labute approximate surface area is 154 Å². The average Bonchev–Trinajstić information content (AvgIpc) is 3.29. The number of ether oxygens (including phenoxy) is 1. The highest BCUT2D eigenvalue weighted by molar-refractivity contribution is 7.16. The highest BCUT2D eigenvalue weighted by Gasteiger charge is 2.23. The lowest BCUT2D eigenvalue weighted by Crippen LogP contribution is -2.08. The summed E-state index contributed by atoms with van der Waals surface area (Å²) in [6.45, 7) is 4.23. The fourth-order valence-corrected chi connectivity index (χ4v) is 5.16. The topological polar surface area (TPSA) is 52.3 Å². The normalized spacial score (nSPS) is 13.2. The zero-order chi connectivity index (χ0) is 17.4. The number of esters is 1. The Morgan fingerprint density at radius 2 is 2.16 bits per heavy atom. The van der Waals surface area contributed by atoms with Crippen LogP contribution >= 0.6 is 22.7 Å². The minimum Gasteiger partial charge on any atom is -0.466 e. The molecule has 0 saturated carbocycles. The molecule has 130 valence electrons. The van der Waals surface area contributed by atoms with Gasteiger partial charge in [-0.15, -0.1) is 22.7 Å². The van der Waals surface area contributed by atoms with Gasteiger partial charge >= 0.3 is 5.97 Å². The lowest BCUT2D eigenvalue weighted by molar-refractivity contribution is -0.142. The van der Waals surface area contributed by atoms with Gasteiger partial charge in [-0.05, 0) is 56.9 Å². The van der Waals surface area contributed by atoms with Crippen LogP contribution in [0.15, 0.2) is 22.6 Å². The molecule has 25 heavy (non-hydrogen) atoms. The van der Waals surface area contributed by atoms with Gasteiger partial charge in [0.1, 0.15) is 0 Å². The van der Waals surface area contributed by atoms with Crippen molar-refractivity contribution in [2.75, 3.05) is 6.61 Å². The third-order valence-corrected chi connectivity index (χ3v) is 6.46. The molecule has 0 unspecified atom stereocenters. The highest BCUT2D eigenvalue weighted by atomic mass is 32.1. The molecule has 0 N–H and O–H groups in total. The Bertz CT molecular complexity index is 898. The van der Waals surface area contributed by atoms with Crippen LogP contribution < -0.4 is 0 Å². The van der Waals surface area contributed by atoms with Crippen LogP contribution in [0.25, 0.3) is 21.4 Å². The van der Waals surface area contributed by atoms with Gasteiger partial charge in [0, 0.05) is 9.75 Å². The number of oxazole rings is 1. The molecule has 0 radical (unpaired) electrons. The van der Waals surface area contributed by atoms with E-state index in [1.54, 1.807) is 22.7 Å². The molecular formula is C19H19NO3S2. The second kappa shape index (κ2) is 6.77. The van der Waals surface area contributed by atoms with Crippen LogP contribution in [0.3, 0.4) is 0 Å². The summed E-state index contributed by atoms with van der Waals surface area (Å²) < 4.78 is 11.2. The van der Waals surface area contributed by atoms with Crippen molar-refractivity contribution in [1.82, 2.24) is 4.98 Å². The summed E-state index contributed by atoms with van der Waals surface area (Å²) >= 11 is 3.40. The lowest BCUT2D eigenvalue weighted by atomic mass is 10.2. The molecule has 4 rings (SSSR count).